The maximum atomic E-state index is 12.5. The molecule has 0 radical (unpaired) electrons. The van der Waals surface area contributed by atoms with Crippen LogP contribution in [0.25, 0.3) is 16.7 Å². The molecule has 0 unspecified atom stereocenters. The molecule has 0 atom stereocenters. The smallest absolute Gasteiger partial charge is 0.262 e. The van der Waals surface area contributed by atoms with Gasteiger partial charge in [0, 0.05) is 13.6 Å². The third kappa shape index (κ3) is 2.51. The fourth-order valence-electron chi connectivity index (χ4n) is 2.92. The zero-order chi connectivity index (χ0) is 18.3. The molecule has 9 heteroatoms. The van der Waals surface area contributed by atoms with E-state index in [1.807, 2.05) is 46.2 Å². The number of para-hydroxylation sites is 1. The van der Waals surface area contributed by atoms with Gasteiger partial charge in [-0.2, -0.15) is 0 Å². The molecule has 3 aromatic heterocycles. The van der Waals surface area contributed by atoms with E-state index in [1.54, 1.807) is 7.05 Å². The van der Waals surface area contributed by atoms with Gasteiger partial charge in [0.25, 0.3) is 5.56 Å². The molecular formula is C17H17N7OS. The molecule has 0 aliphatic rings. The predicted molar refractivity (Wildman–Crippen MR) is 100 cm³/mol. The summed E-state index contributed by atoms with van der Waals surface area (Å²) in [5, 5.41) is 18.3. The summed E-state index contributed by atoms with van der Waals surface area (Å²) in [6.07, 6.45) is 1.82. The van der Waals surface area contributed by atoms with E-state index in [1.165, 1.54) is 16.3 Å². The Balaban J connectivity index is 1.79. The second-order valence-electron chi connectivity index (χ2n) is 5.85. The summed E-state index contributed by atoms with van der Waals surface area (Å²) in [7, 11) is 1.71. The molecule has 0 N–H and O–H groups in total. The van der Waals surface area contributed by atoms with Gasteiger partial charge in [0.1, 0.15) is 11.6 Å². The van der Waals surface area contributed by atoms with E-state index in [0.29, 0.717) is 23.5 Å². The molecule has 0 aliphatic carbocycles. The van der Waals surface area contributed by atoms with Crippen LogP contribution in [0.3, 0.4) is 0 Å². The topological polar surface area (TPSA) is 82.9 Å². The average Bonchev–Trinajstić information content (AvgIpc) is 3.23. The maximum Gasteiger partial charge on any atom is 0.262 e. The van der Waals surface area contributed by atoms with Crippen molar-refractivity contribution in [1.29, 1.82) is 0 Å². The molecule has 0 saturated heterocycles. The first-order chi connectivity index (χ1) is 12.6. The molecule has 0 bridgehead atoms. The minimum absolute atomic E-state index is 0.0824. The van der Waals surface area contributed by atoms with E-state index < -0.39 is 0 Å². The van der Waals surface area contributed by atoms with E-state index in [4.69, 9.17) is 0 Å². The van der Waals surface area contributed by atoms with Gasteiger partial charge in [-0.05, 0) is 19.1 Å². The molecule has 3 heterocycles. The number of aromatic nitrogens is 7. The Labute approximate surface area is 153 Å². The molecule has 1 aromatic carbocycles. The lowest BCUT2D eigenvalue weighted by atomic mass is 10.2. The first-order valence-corrected chi connectivity index (χ1v) is 9.05. The van der Waals surface area contributed by atoms with E-state index in [0.717, 1.165) is 22.3 Å². The molecule has 8 nitrogen and oxygen atoms in total. The van der Waals surface area contributed by atoms with Crippen molar-refractivity contribution < 1.29 is 0 Å². The molecule has 26 heavy (non-hydrogen) atoms. The zero-order valence-electron chi connectivity index (χ0n) is 14.5. The van der Waals surface area contributed by atoms with Crippen molar-refractivity contribution in [2.75, 3.05) is 0 Å². The lowest BCUT2D eigenvalue weighted by Gasteiger charge is -2.08. The predicted octanol–water partition coefficient (Wildman–Crippen LogP) is 1.96. The van der Waals surface area contributed by atoms with E-state index in [2.05, 4.69) is 27.0 Å². The Kier molecular flexibility index (Phi) is 4.08. The summed E-state index contributed by atoms with van der Waals surface area (Å²) in [4.78, 5) is 12.5. The number of aryl methyl sites for hydroxylation is 2. The van der Waals surface area contributed by atoms with Crippen LogP contribution < -0.4 is 5.56 Å². The van der Waals surface area contributed by atoms with Crippen molar-refractivity contribution in [3.63, 3.8) is 0 Å². The third-order valence-electron chi connectivity index (χ3n) is 4.24. The highest BCUT2D eigenvalue weighted by atomic mass is 32.2. The Morgan fingerprint density at radius 3 is 2.81 bits per heavy atom. The highest BCUT2D eigenvalue weighted by Crippen LogP contribution is 2.23. The monoisotopic (exact) mass is 367 g/mol. The van der Waals surface area contributed by atoms with Crippen LogP contribution in [-0.4, -0.2) is 33.9 Å². The zero-order valence-corrected chi connectivity index (χ0v) is 15.3. The minimum Gasteiger partial charge on any atom is -0.302 e. The second kappa shape index (κ2) is 6.41. The van der Waals surface area contributed by atoms with Crippen molar-refractivity contribution in [3.8, 4) is 0 Å². The Hall–Kier alpha value is -2.94. The van der Waals surface area contributed by atoms with Gasteiger partial charge in [-0.3, -0.25) is 13.8 Å². The van der Waals surface area contributed by atoms with Gasteiger partial charge in [0.05, 0.1) is 16.7 Å². The number of rotatable bonds is 5. The van der Waals surface area contributed by atoms with Crippen molar-refractivity contribution in [2.45, 2.75) is 24.4 Å². The summed E-state index contributed by atoms with van der Waals surface area (Å²) in [6, 6.07) is 7.49. The molecule has 0 amide bonds. The summed E-state index contributed by atoms with van der Waals surface area (Å²) in [5.41, 5.74) is 0.719. The molecule has 0 spiro atoms. The van der Waals surface area contributed by atoms with Crippen LogP contribution in [0.1, 0.15) is 11.6 Å². The Bertz CT molecular complexity index is 1190. The Morgan fingerprint density at radius 1 is 1.19 bits per heavy atom. The van der Waals surface area contributed by atoms with Gasteiger partial charge >= 0.3 is 0 Å². The van der Waals surface area contributed by atoms with E-state index in [9.17, 15) is 4.79 Å². The van der Waals surface area contributed by atoms with Crippen LogP contribution in [-0.2, 0) is 19.3 Å². The van der Waals surface area contributed by atoms with Gasteiger partial charge in [-0.15, -0.1) is 27.0 Å². The van der Waals surface area contributed by atoms with Crippen LogP contribution in [0.5, 0.6) is 0 Å². The molecular weight excluding hydrogens is 350 g/mol. The largest absolute Gasteiger partial charge is 0.302 e. The van der Waals surface area contributed by atoms with Gasteiger partial charge in [-0.25, -0.2) is 0 Å². The van der Waals surface area contributed by atoms with Gasteiger partial charge in [0.15, 0.2) is 5.16 Å². The van der Waals surface area contributed by atoms with Crippen molar-refractivity contribution in [2.24, 2.45) is 7.05 Å². The molecule has 0 fully saturated rings. The first kappa shape index (κ1) is 16.5. The first-order valence-electron chi connectivity index (χ1n) is 8.07. The van der Waals surface area contributed by atoms with Crippen molar-refractivity contribution in [3.05, 3.63) is 58.9 Å². The summed E-state index contributed by atoms with van der Waals surface area (Å²) in [6.45, 7) is 6.34. The number of thioether (sulfide) groups is 1. The van der Waals surface area contributed by atoms with Gasteiger partial charge < -0.3 is 4.57 Å². The van der Waals surface area contributed by atoms with Crippen LogP contribution in [0.2, 0.25) is 0 Å². The van der Waals surface area contributed by atoms with Crippen LogP contribution in [0.4, 0.5) is 0 Å². The fourth-order valence-corrected chi connectivity index (χ4v) is 3.83. The van der Waals surface area contributed by atoms with Crippen molar-refractivity contribution in [1.82, 2.24) is 33.9 Å². The van der Waals surface area contributed by atoms with Crippen molar-refractivity contribution >= 4 is 28.4 Å². The molecule has 4 rings (SSSR count). The summed E-state index contributed by atoms with van der Waals surface area (Å²) >= 11 is 1.53. The number of nitrogens with zero attached hydrogens (tertiary/aromatic N) is 7. The van der Waals surface area contributed by atoms with Crippen LogP contribution >= 0.6 is 11.8 Å². The van der Waals surface area contributed by atoms with Crippen LogP contribution in [0.15, 0.2) is 46.9 Å². The van der Waals surface area contributed by atoms with Gasteiger partial charge in [0.2, 0.25) is 5.78 Å². The number of benzene rings is 1. The third-order valence-corrected chi connectivity index (χ3v) is 5.20. The van der Waals surface area contributed by atoms with Crippen LogP contribution in [0, 0.1) is 6.92 Å². The Morgan fingerprint density at radius 2 is 2.00 bits per heavy atom. The molecule has 132 valence electrons. The highest BCUT2D eigenvalue weighted by Gasteiger charge is 2.16. The highest BCUT2D eigenvalue weighted by molar-refractivity contribution is 7.98. The number of hydrogen-bond acceptors (Lipinski definition) is 6. The normalized spacial score (nSPS) is 11.5. The van der Waals surface area contributed by atoms with Gasteiger partial charge in [-0.1, -0.05) is 30.0 Å². The molecule has 0 aliphatic heterocycles. The molecule has 4 aromatic rings. The summed E-state index contributed by atoms with van der Waals surface area (Å²) in [5.74, 6) is 2.67. The maximum absolute atomic E-state index is 12.5. The minimum atomic E-state index is -0.0824. The number of hydrogen-bond donors (Lipinski definition) is 0. The lowest BCUT2D eigenvalue weighted by molar-refractivity contribution is 0.703. The number of fused-ring (bicyclic) bond motifs is 3. The standard InChI is InChI=1S/C17H17N7OS/c1-4-9-23-11(2)18-21-17(23)26-10-14-19-20-16-22(3)15(25)12-7-5-6-8-13(12)24(14)16/h4-8H,1,9-10H2,2-3H3. The number of allylic oxidation sites excluding steroid dienone is 1. The van der Waals surface area contributed by atoms with E-state index >= 15 is 0 Å². The summed E-state index contributed by atoms with van der Waals surface area (Å²) < 4.78 is 5.44. The molecule has 0 saturated carbocycles. The quantitative estimate of drug-likeness (QED) is 0.396. The average molecular weight is 367 g/mol. The van der Waals surface area contributed by atoms with E-state index in [-0.39, 0.29) is 5.56 Å². The lowest BCUT2D eigenvalue weighted by Crippen LogP contribution is -2.20. The SMILES string of the molecule is C=CCn1c(C)nnc1SCc1nnc2n(C)c(=O)c3ccccc3n12. The second-order valence-corrected chi connectivity index (χ2v) is 6.79. The fraction of sp³-hybridized carbons (Fsp3) is 0.235.